The molecular formula is C29H29F3N2O3. The van der Waals surface area contributed by atoms with Gasteiger partial charge in [-0.15, -0.1) is 0 Å². The summed E-state index contributed by atoms with van der Waals surface area (Å²) < 4.78 is 54.1. The van der Waals surface area contributed by atoms with Crippen molar-refractivity contribution in [3.05, 3.63) is 93.9 Å². The van der Waals surface area contributed by atoms with Crippen LogP contribution in [0.4, 0.5) is 13.2 Å². The number of aliphatic hydroxyl groups is 1. The quantitative estimate of drug-likeness (QED) is 0.340. The Morgan fingerprint density at radius 3 is 2.51 bits per heavy atom. The van der Waals surface area contributed by atoms with Crippen molar-refractivity contribution in [2.75, 3.05) is 13.7 Å². The molecule has 0 saturated heterocycles. The van der Waals surface area contributed by atoms with E-state index in [9.17, 15) is 18.3 Å². The highest BCUT2D eigenvalue weighted by Crippen LogP contribution is 2.44. The van der Waals surface area contributed by atoms with Gasteiger partial charge in [0.25, 0.3) is 0 Å². The fraction of sp³-hybridized carbons (Fsp3) is 0.310. The van der Waals surface area contributed by atoms with Crippen molar-refractivity contribution in [2.45, 2.75) is 46.2 Å². The topological polar surface area (TPSA) is 46.9 Å². The maximum atomic E-state index is 13.7. The molecule has 37 heavy (non-hydrogen) atoms. The summed E-state index contributed by atoms with van der Waals surface area (Å²) in [6.45, 7) is 1.41. The molecule has 3 heterocycles. The van der Waals surface area contributed by atoms with E-state index in [1.807, 2.05) is 34.9 Å². The lowest BCUT2D eigenvalue weighted by Gasteiger charge is -2.41. The number of ether oxygens (including phenoxy) is 2. The van der Waals surface area contributed by atoms with Gasteiger partial charge >= 0.3 is 0 Å². The van der Waals surface area contributed by atoms with E-state index in [2.05, 4.69) is 11.0 Å². The van der Waals surface area contributed by atoms with Crippen molar-refractivity contribution >= 4 is 10.9 Å². The van der Waals surface area contributed by atoms with E-state index < -0.39 is 17.5 Å². The Kier molecular flexibility index (Phi) is 6.64. The summed E-state index contributed by atoms with van der Waals surface area (Å²) in [5.41, 5.74) is 5.90. The SMILES string of the molecule is C.COc1cc2c(cc1OCc1cc(F)c(F)c(F)c1)C1Cc3c(n(CO)c4ccccc34)CN1CC2. The van der Waals surface area contributed by atoms with Crippen molar-refractivity contribution in [1.29, 1.82) is 0 Å². The number of rotatable bonds is 5. The van der Waals surface area contributed by atoms with Gasteiger partial charge in [-0.25, -0.2) is 13.2 Å². The normalized spacial score (nSPS) is 16.5. The lowest BCUT2D eigenvalue weighted by atomic mass is 9.85. The number of aliphatic hydroxyl groups excluding tert-OH is 1. The highest BCUT2D eigenvalue weighted by molar-refractivity contribution is 5.86. The zero-order valence-corrected chi connectivity index (χ0v) is 19.7. The first-order chi connectivity index (χ1) is 17.5. The molecule has 194 valence electrons. The molecule has 5 nitrogen and oxygen atoms in total. The zero-order valence-electron chi connectivity index (χ0n) is 19.7. The Morgan fingerprint density at radius 2 is 1.78 bits per heavy atom. The van der Waals surface area contributed by atoms with Crippen LogP contribution in [0, 0.1) is 17.5 Å². The second-order valence-corrected chi connectivity index (χ2v) is 9.32. The third-order valence-electron chi connectivity index (χ3n) is 7.42. The Labute approximate surface area is 213 Å². The van der Waals surface area contributed by atoms with Crippen LogP contribution in [0.25, 0.3) is 10.9 Å². The lowest BCUT2D eigenvalue weighted by molar-refractivity contribution is 0.145. The fourth-order valence-corrected chi connectivity index (χ4v) is 5.70. The largest absolute Gasteiger partial charge is 0.493 e. The van der Waals surface area contributed by atoms with Crippen LogP contribution < -0.4 is 9.47 Å². The Hall–Kier alpha value is -3.49. The number of methoxy groups -OCH3 is 1. The minimum Gasteiger partial charge on any atom is -0.493 e. The van der Waals surface area contributed by atoms with Crippen LogP contribution in [0.5, 0.6) is 11.5 Å². The van der Waals surface area contributed by atoms with Crippen molar-refractivity contribution < 1.29 is 27.8 Å². The highest BCUT2D eigenvalue weighted by Gasteiger charge is 2.35. The van der Waals surface area contributed by atoms with Crippen LogP contribution in [0.1, 0.15) is 41.4 Å². The average molecular weight is 511 g/mol. The molecule has 0 radical (unpaired) electrons. The second kappa shape index (κ2) is 9.76. The van der Waals surface area contributed by atoms with Crippen LogP contribution in [-0.4, -0.2) is 28.2 Å². The summed E-state index contributed by atoms with van der Waals surface area (Å²) in [6.07, 6.45) is 1.63. The first-order valence-electron chi connectivity index (χ1n) is 11.9. The summed E-state index contributed by atoms with van der Waals surface area (Å²) in [5, 5.41) is 11.2. The molecule has 0 bridgehead atoms. The zero-order chi connectivity index (χ0) is 25.0. The average Bonchev–Trinajstić information content (AvgIpc) is 3.21. The first kappa shape index (κ1) is 25.2. The molecule has 6 rings (SSSR count). The van der Waals surface area contributed by atoms with Gasteiger partial charge < -0.3 is 19.1 Å². The maximum absolute atomic E-state index is 13.7. The van der Waals surface area contributed by atoms with Gasteiger partial charge in [0.2, 0.25) is 0 Å². The number of hydrogen-bond donors (Lipinski definition) is 1. The Bertz CT molecular complexity index is 1460. The van der Waals surface area contributed by atoms with Crippen LogP contribution in [0.2, 0.25) is 0 Å². The molecule has 2 aliphatic rings. The molecule has 0 saturated carbocycles. The summed E-state index contributed by atoms with van der Waals surface area (Å²) in [6, 6.07) is 14.1. The second-order valence-electron chi connectivity index (χ2n) is 9.32. The molecule has 0 aliphatic carbocycles. The van der Waals surface area contributed by atoms with E-state index in [1.54, 1.807) is 7.11 Å². The smallest absolute Gasteiger partial charge is 0.194 e. The van der Waals surface area contributed by atoms with E-state index in [-0.39, 0.29) is 32.4 Å². The molecule has 3 aromatic carbocycles. The van der Waals surface area contributed by atoms with Gasteiger partial charge in [0.15, 0.2) is 29.0 Å². The van der Waals surface area contributed by atoms with E-state index in [0.717, 1.165) is 60.2 Å². The number of para-hydroxylation sites is 1. The third-order valence-corrected chi connectivity index (χ3v) is 7.42. The molecular weight excluding hydrogens is 481 g/mol. The van der Waals surface area contributed by atoms with Crippen molar-refractivity contribution in [2.24, 2.45) is 0 Å². The van der Waals surface area contributed by atoms with Crippen molar-refractivity contribution in [3.8, 4) is 11.5 Å². The first-order valence-corrected chi connectivity index (χ1v) is 11.9. The summed E-state index contributed by atoms with van der Waals surface area (Å²) in [7, 11) is 1.55. The van der Waals surface area contributed by atoms with Gasteiger partial charge in [-0.3, -0.25) is 4.90 Å². The van der Waals surface area contributed by atoms with Crippen LogP contribution in [-0.2, 0) is 32.7 Å². The molecule has 2 aliphatic heterocycles. The lowest BCUT2D eigenvalue weighted by Crippen LogP contribution is -2.39. The summed E-state index contributed by atoms with van der Waals surface area (Å²) >= 11 is 0. The monoisotopic (exact) mass is 510 g/mol. The number of hydrogen-bond acceptors (Lipinski definition) is 4. The maximum Gasteiger partial charge on any atom is 0.194 e. The van der Waals surface area contributed by atoms with E-state index in [0.29, 0.717) is 11.5 Å². The highest BCUT2D eigenvalue weighted by atomic mass is 19.2. The standard InChI is InChI=1S/C28H25F3N2O3.CH4/c1-35-26-10-17-6-7-32-13-25-20(18-4-2-3-5-23(18)33(25)15-34)11-24(32)19(17)12-27(26)36-14-16-8-21(29)28(31)22(30)9-16;/h2-5,8-10,12,24,34H,6-7,11,13-15H2,1H3;1H4. The predicted octanol–water partition coefficient (Wildman–Crippen LogP) is 5.89. The van der Waals surface area contributed by atoms with Crippen LogP contribution in [0.3, 0.4) is 0 Å². The number of fused-ring (bicyclic) bond motifs is 6. The molecule has 8 heteroatoms. The number of halogens is 3. The minimum atomic E-state index is -1.50. The Balaban J connectivity index is 0.00000280. The van der Waals surface area contributed by atoms with Crippen LogP contribution in [0.15, 0.2) is 48.5 Å². The molecule has 4 aromatic rings. The van der Waals surface area contributed by atoms with Crippen LogP contribution >= 0.6 is 0 Å². The predicted molar refractivity (Wildman–Crippen MR) is 135 cm³/mol. The fourth-order valence-electron chi connectivity index (χ4n) is 5.70. The molecule has 0 amide bonds. The Morgan fingerprint density at radius 1 is 1.03 bits per heavy atom. The van der Waals surface area contributed by atoms with Crippen molar-refractivity contribution in [3.63, 3.8) is 0 Å². The van der Waals surface area contributed by atoms with E-state index in [4.69, 9.17) is 9.47 Å². The summed E-state index contributed by atoms with van der Waals surface area (Å²) in [5.74, 6) is -2.99. The molecule has 1 atom stereocenters. The molecule has 0 fully saturated rings. The van der Waals surface area contributed by atoms with Gasteiger partial charge in [-0.1, -0.05) is 25.6 Å². The molecule has 1 aromatic heterocycles. The number of nitrogens with zero attached hydrogens (tertiary/aromatic N) is 2. The van der Waals surface area contributed by atoms with Gasteiger partial charge in [0.05, 0.1) is 12.6 Å². The molecule has 1 unspecified atom stereocenters. The minimum absolute atomic E-state index is 0. The number of benzene rings is 3. The molecule has 0 spiro atoms. The van der Waals surface area contributed by atoms with Gasteiger partial charge in [0.1, 0.15) is 13.3 Å². The third kappa shape index (κ3) is 4.14. The van der Waals surface area contributed by atoms with Gasteiger partial charge in [0, 0.05) is 30.2 Å². The summed E-state index contributed by atoms with van der Waals surface area (Å²) in [4.78, 5) is 2.41. The van der Waals surface area contributed by atoms with E-state index >= 15 is 0 Å². The number of aromatic nitrogens is 1. The van der Waals surface area contributed by atoms with Gasteiger partial charge in [-0.2, -0.15) is 0 Å². The van der Waals surface area contributed by atoms with E-state index in [1.165, 1.54) is 11.1 Å². The van der Waals surface area contributed by atoms with Crippen molar-refractivity contribution in [1.82, 2.24) is 9.47 Å². The molecule has 1 N–H and O–H groups in total. The van der Waals surface area contributed by atoms with Gasteiger partial charge in [-0.05, 0) is 65.4 Å².